The van der Waals surface area contributed by atoms with Crippen LogP contribution in [0.5, 0.6) is 0 Å². The van der Waals surface area contributed by atoms with Crippen LogP contribution >= 0.6 is 0 Å². The van der Waals surface area contributed by atoms with Crippen LogP contribution < -0.4 is 5.32 Å². The summed E-state index contributed by atoms with van der Waals surface area (Å²) in [6.45, 7) is 1.33. The molecule has 18 heavy (non-hydrogen) atoms. The van der Waals surface area contributed by atoms with Crippen LogP contribution in [-0.4, -0.2) is 34.9 Å². The molecule has 1 unspecified atom stereocenters. The summed E-state index contributed by atoms with van der Waals surface area (Å²) >= 11 is 0. The monoisotopic (exact) mass is 249 g/mol. The van der Waals surface area contributed by atoms with Crippen LogP contribution in [0.15, 0.2) is 24.3 Å². The predicted octanol–water partition coefficient (Wildman–Crippen LogP) is 0.576. The number of fused-ring (bicyclic) bond motifs is 1. The molecule has 0 radical (unpaired) electrons. The first-order valence-corrected chi connectivity index (χ1v) is 6.27. The molecule has 1 aliphatic rings. The number of hydrogen-bond acceptors (Lipinski definition) is 3. The van der Waals surface area contributed by atoms with Crippen LogP contribution in [0.4, 0.5) is 0 Å². The Morgan fingerprint density at radius 3 is 2.61 bits per heavy atom. The van der Waals surface area contributed by atoms with E-state index in [2.05, 4.69) is 5.32 Å². The third-order valence-electron chi connectivity index (χ3n) is 3.84. The Labute approximate surface area is 107 Å². The molecule has 98 valence electrons. The number of carbonyl (C=O) groups excluding carboxylic acids is 1. The summed E-state index contributed by atoms with van der Waals surface area (Å²) in [5, 5.41) is 21.4. The summed E-state index contributed by atoms with van der Waals surface area (Å²) in [6, 6.07) is 7.85. The first kappa shape index (κ1) is 13.1. The molecule has 4 heteroatoms. The molecule has 3 N–H and O–H groups in total. The molecule has 0 saturated heterocycles. The molecule has 0 aliphatic heterocycles. The van der Waals surface area contributed by atoms with Crippen molar-refractivity contribution in [3.63, 3.8) is 0 Å². The Morgan fingerprint density at radius 1 is 1.39 bits per heavy atom. The third-order valence-corrected chi connectivity index (χ3v) is 3.84. The van der Waals surface area contributed by atoms with Crippen LogP contribution in [-0.2, 0) is 11.2 Å². The molecule has 1 aliphatic carbocycles. The minimum atomic E-state index is -0.901. The van der Waals surface area contributed by atoms with Gasteiger partial charge in [-0.25, -0.2) is 0 Å². The average molecular weight is 249 g/mol. The first-order valence-electron chi connectivity index (χ1n) is 6.27. The number of benzene rings is 1. The van der Waals surface area contributed by atoms with Crippen molar-refractivity contribution >= 4 is 5.91 Å². The fourth-order valence-electron chi connectivity index (χ4n) is 2.28. The van der Waals surface area contributed by atoms with Crippen LogP contribution in [0, 0.1) is 0 Å². The lowest BCUT2D eigenvalue weighted by Gasteiger charge is -2.35. The van der Waals surface area contributed by atoms with Crippen molar-refractivity contribution < 1.29 is 15.0 Å². The van der Waals surface area contributed by atoms with E-state index in [0.29, 0.717) is 6.42 Å². The van der Waals surface area contributed by atoms with Crippen molar-refractivity contribution in [3.8, 4) is 0 Å². The van der Waals surface area contributed by atoms with Gasteiger partial charge in [-0.2, -0.15) is 0 Å². The van der Waals surface area contributed by atoms with Crippen LogP contribution in [0.25, 0.3) is 0 Å². The maximum atomic E-state index is 12.1. The molecule has 1 amide bonds. The molecule has 0 aromatic heterocycles. The summed E-state index contributed by atoms with van der Waals surface area (Å²) in [6.07, 6.45) is 1.23. The summed E-state index contributed by atoms with van der Waals surface area (Å²) in [7, 11) is 0. The number of rotatable bonds is 5. The van der Waals surface area contributed by atoms with E-state index in [9.17, 15) is 15.0 Å². The van der Waals surface area contributed by atoms with E-state index in [-0.39, 0.29) is 25.0 Å². The largest absolute Gasteiger partial charge is 0.394 e. The second kappa shape index (κ2) is 5.08. The SMILES string of the molecule is CCC(CO)(CO)NC(=O)C1Cc2ccccc21. The van der Waals surface area contributed by atoms with Crippen molar-refractivity contribution in [1.82, 2.24) is 5.32 Å². The van der Waals surface area contributed by atoms with Gasteiger partial charge in [0, 0.05) is 0 Å². The van der Waals surface area contributed by atoms with E-state index < -0.39 is 5.54 Å². The van der Waals surface area contributed by atoms with Crippen molar-refractivity contribution in [2.24, 2.45) is 0 Å². The van der Waals surface area contributed by atoms with Gasteiger partial charge in [-0.3, -0.25) is 4.79 Å². The van der Waals surface area contributed by atoms with Crippen molar-refractivity contribution in [2.75, 3.05) is 13.2 Å². The van der Waals surface area contributed by atoms with E-state index in [1.165, 1.54) is 5.56 Å². The number of amides is 1. The highest BCUT2D eigenvalue weighted by molar-refractivity contribution is 5.87. The Kier molecular flexibility index (Phi) is 3.68. The lowest BCUT2D eigenvalue weighted by molar-refractivity contribution is -0.126. The highest BCUT2D eigenvalue weighted by Crippen LogP contribution is 2.35. The fraction of sp³-hybridized carbons (Fsp3) is 0.500. The van der Waals surface area contributed by atoms with E-state index in [0.717, 1.165) is 12.0 Å². The number of aliphatic hydroxyl groups excluding tert-OH is 2. The zero-order valence-electron chi connectivity index (χ0n) is 10.5. The van der Waals surface area contributed by atoms with E-state index >= 15 is 0 Å². The standard InChI is InChI=1S/C14H19NO3/c1-2-14(8-16,9-17)15-13(18)12-7-10-5-3-4-6-11(10)12/h3-6,12,16-17H,2,7-9H2,1H3,(H,15,18). The lowest BCUT2D eigenvalue weighted by atomic mass is 9.76. The smallest absolute Gasteiger partial charge is 0.228 e. The molecule has 0 fully saturated rings. The Bertz CT molecular complexity index is 432. The van der Waals surface area contributed by atoms with Gasteiger partial charge in [0.25, 0.3) is 0 Å². The average Bonchev–Trinajstić information content (AvgIpc) is 2.37. The normalized spacial score (nSPS) is 17.8. The number of nitrogens with one attached hydrogen (secondary N) is 1. The second-order valence-corrected chi connectivity index (χ2v) is 4.89. The van der Waals surface area contributed by atoms with Crippen LogP contribution in [0.2, 0.25) is 0 Å². The fourth-order valence-corrected chi connectivity index (χ4v) is 2.28. The quantitative estimate of drug-likeness (QED) is 0.715. The molecular formula is C14H19NO3. The Hall–Kier alpha value is -1.39. The Morgan fingerprint density at radius 2 is 2.06 bits per heavy atom. The molecule has 0 bridgehead atoms. The lowest BCUT2D eigenvalue weighted by Crippen LogP contribution is -2.55. The Balaban J connectivity index is 2.07. The van der Waals surface area contributed by atoms with Gasteiger partial charge in [-0.15, -0.1) is 0 Å². The van der Waals surface area contributed by atoms with Gasteiger partial charge in [-0.05, 0) is 24.0 Å². The molecular weight excluding hydrogens is 230 g/mol. The van der Waals surface area contributed by atoms with Crippen molar-refractivity contribution in [1.29, 1.82) is 0 Å². The number of aliphatic hydroxyl groups is 2. The first-order chi connectivity index (χ1) is 8.65. The summed E-state index contributed by atoms with van der Waals surface area (Å²) < 4.78 is 0. The number of hydrogen-bond donors (Lipinski definition) is 3. The minimum absolute atomic E-state index is 0.112. The maximum absolute atomic E-state index is 12.1. The topological polar surface area (TPSA) is 69.6 Å². The summed E-state index contributed by atoms with van der Waals surface area (Å²) in [5.41, 5.74) is 1.35. The maximum Gasteiger partial charge on any atom is 0.228 e. The zero-order valence-corrected chi connectivity index (χ0v) is 10.5. The molecule has 0 heterocycles. The van der Waals surface area contributed by atoms with E-state index in [1.54, 1.807) is 0 Å². The highest BCUT2D eigenvalue weighted by atomic mass is 16.3. The van der Waals surface area contributed by atoms with Gasteiger partial charge in [0.2, 0.25) is 5.91 Å². The van der Waals surface area contributed by atoms with Gasteiger partial charge in [0.1, 0.15) is 0 Å². The molecule has 1 aromatic carbocycles. The van der Waals surface area contributed by atoms with Crippen LogP contribution in [0.1, 0.15) is 30.4 Å². The molecule has 1 aromatic rings. The summed E-state index contributed by atoms with van der Waals surface area (Å²) in [5.74, 6) is -0.260. The van der Waals surface area contributed by atoms with Gasteiger partial charge in [0.05, 0.1) is 24.7 Å². The third kappa shape index (κ3) is 2.13. The van der Waals surface area contributed by atoms with Crippen LogP contribution in [0.3, 0.4) is 0 Å². The van der Waals surface area contributed by atoms with E-state index in [1.807, 2.05) is 31.2 Å². The van der Waals surface area contributed by atoms with Gasteiger partial charge >= 0.3 is 0 Å². The molecule has 0 saturated carbocycles. The highest BCUT2D eigenvalue weighted by Gasteiger charge is 2.36. The second-order valence-electron chi connectivity index (χ2n) is 4.89. The zero-order chi connectivity index (χ0) is 13.2. The molecule has 0 spiro atoms. The van der Waals surface area contributed by atoms with Crippen molar-refractivity contribution in [2.45, 2.75) is 31.2 Å². The van der Waals surface area contributed by atoms with E-state index in [4.69, 9.17) is 0 Å². The number of carbonyl (C=O) groups is 1. The molecule has 1 atom stereocenters. The predicted molar refractivity (Wildman–Crippen MR) is 68.2 cm³/mol. The molecule has 4 nitrogen and oxygen atoms in total. The van der Waals surface area contributed by atoms with Gasteiger partial charge in [-0.1, -0.05) is 31.2 Å². The molecule has 2 rings (SSSR count). The minimum Gasteiger partial charge on any atom is -0.394 e. The summed E-state index contributed by atoms with van der Waals surface area (Å²) in [4.78, 5) is 12.1. The van der Waals surface area contributed by atoms with Gasteiger partial charge < -0.3 is 15.5 Å². The van der Waals surface area contributed by atoms with Gasteiger partial charge in [0.15, 0.2) is 0 Å². The van der Waals surface area contributed by atoms with Crippen molar-refractivity contribution in [3.05, 3.63) is 35.4 Å².